The van der Waals surface area contributed by atoms with Crippen LogP contribution in [0.1, 0.15) is 86.5 Å². The third-order valence-electron chi connectivity index (χ3n) is 9.97. The van der Waals surface area contributed by atoms with Crippen molar-refractivity contribution in [2.45, 2.75) is 133 Å². The van der Waals surface area contributed by atoms with Crippen LogP contribution in [0, 0.1) is 5.92 Å². The number of likely N-dealkylation sites (tertiary alicyclic amines) is 2. The topological polar surface area (TPSA) is 152 Å². The van der Waals surface area contributed by atoms with Crippen molar-refractivity contribution in [3.8, 4) is 0 Å². The zero-order valence-electron chi connectivity index (χ0n) is 27.5. The summed E-state index contributed by atoms with van der Waals surface area (Å²) in [7, 11) is 0. The Morgan fingerprint density at radius 2 is 1.35 bits per heavy atom. The van der Waals surface area contributed by atoms with E-state index in [0.29, 0.717) is 55.5 Å². The standard InChI is InChI=1S/C34H46N2O10/c1-31(2,3)45-29(41)35-11-7-9-25(35)33-18-24(38)22(13-19(33)14-27(39)43-33)21-15-20(37)17-34(23(21)16-28(40)44-34)26-10-8-12-36(26)30(42)46-32(4,5)6/h14-16,20,22,24-26,37-38H,7-13,17-18H2,1-6H3/t20-,22+,24+,25+,26+,33-,34-/m0/s1. The zero-order valence-corrected chi connectivity index (χ0v) is 27.5. The molecule has 0 aromatic heterocycles. The maximum Gasteiger partial charge on any atom is 0.410 e. The minimum Gasteiger partial charge on any atom is -0.449 e. The number of aliphatic hydroxyl groups excluding tert-OH is 2. The fourth-order valence-corrected chi connectivity index (χ4v) is 8.44. The summed E-state index contributed by atoms with van der Waals surface area (Å²) >= 11 is 0. The third kappa shape index (κ3) is 5.61. The highest BCUT2D eigenvalue weighted by Gasteiger charge is 2.62. The summed E-state index contributed by atoms with van der Waals surface area (Å²) in [5, 5.41) is 23.1. The van der Waals surface area contributed by atoms with Crippen LogP contribution in [0.5, 0.6) is 0 Å². The first kappa shape index (κ1) is 32.6. The lowest BCUT2D eigenvalue weighted by atomic mass is 9.63. The number of aliphatic hydroxyl groups is 2. The number of rotatable bonds is 3. The number of ether oxygens (including phenoxy) is 4. The first-order valence-electron chi connectivity index (χ1n) is 16.4. The quantitative estimate of drug-likeness (QED) is 0.344. The first-order chi connectivity index (χ1) is 21.4. The van der Waals surface area contributed by atoms with Gasteiger partial charge in [-0.15, -0.1) is 0 Å². The average Bonchev–Trinajstić information content (AvgIpc) is 3.69. The van der Waals surface area contributed by atoms with Crippen LogP contribution in [-0.4, -0.2) is 104 Å². The molecule has 12 nitrogen and oxygen atoms in total. The Morgan fingerprint density at radius 3 is 1.91 bits per heavy atom. The van der Waals surface area contributed by atoms with Crippen LogP contribution in [0.3, 0.4) is 0 Å². The molecule has 4 heterocycles. The Balaban J connectivity index is 1.31. The van der Waals surface area contributed by atoms with Crippen LogP contribution in [0.2, 0.25) is 0 Å². The second-order valence-electron chi connectivity index (χ2n) is 15.5. The molecule has 2 amide bonds. The predicted molar refractivity (Wildman–Crippen MR) is 163 cm³/mol. The van der Waals surface area contributed by atoms with Crippen molar-refractivity contribution < 1.29 is 48.3 Å². The van der Waals surface area contributed by atoms with E-state index >= 15 is 0 Å². The largest absolute Gasteiger partial charge is 0.449 e. The van der Waals surface area contributed by atoms with Gasteiger partial charge in [-0.25, -0.2) is 19.2 Å². The van der Waals surface area contributed by atoms with Gasteiger partial charge in [-0.1, -0.05) is 6.08 Å². The lowest BCUT2D eigenvalue weighted by Crippen LogP contribution is -2.59. The molecule has 0 aromatic carbocycles. The molecule has 0 radical (unpaired) electrons. The van der Waals surface area contributed by atoms with Crippen molar-refractivity contribution in [2.24, 2.45) is 5.92 Å². The highest BCUT2D eigenvalue weighted by Crippen LogP contribution is 2.55. The highest BCUT2D eigenvalue weighted by atomic mass is 16.6. The number of hydrogen-bond donors (Lipinski definition) is 2. The summed E-state index contributed by atoms with van der Waals surface area (Å²) < 4.78 is 23.4. The summed E-state index contributed by atoms with van der Waals surface area (Å²) in [4.78, 5) is 55.6. The van der Waals surface area contributed by atoms with Crippen molar-refractivity contribution in [1.82, 2.24) is 9.80 Å². The van der Waals surface area contributed by atoms with Gasteiger partial charge in [0.1, 0.15) is 11.2 Å². The number of carbonyl (C=O) groups is 4. The Labute approximate surface area is 269 Å². The third-order valence-corrected chi connectivity index (χ3v) is 9.97. The minimum atomic E-state index is -1.32. The smallest absolute Gasteiger partial charge is 0.410 e. The molecular formula is C34H46N2O10. The van der Waals surface area contributed by atoms with E-state index in [0.717, 1.165) is 0 Å². The van der Waals surface area contributed by atoms with Crippen LogP contribution in [-0.2, 0) is 28.5 Å². The molecule has 2 aliphatic carbocycles. The Morgan fingerprint density at radius 1 is 0.826 bits per heavy atom. The fraction of sp³-hybridized carbons (Fsp3) is 0.706. The lowest BCUT2D eigenvalue weighted by Gasteiger charge is -2.49. The number of fused-ring (bicyclic) bond motifs is 2. The maximum absolute atomic E-state index is 13.3. The van der Waals surface area contributed by atoms with Gasteiger partial charge < -0.3 is 39.0 Å². The second kappa shape index (κ2) is 11.1. The summed E-state index contributed by atoms with van der Waals surface area (Å²) in [6.07, 6.45) is 4.17. The van der Waals surface area contributed by atoms with Crippen LogP contribution >= 0.6 is 0 Å². The van der Waals surface area contributed by atoms with Crippen LogP contribution in [0.4, 0.5) is 9.59 Å². The molecule has 0 unspecified atom stereocenters. The second-order valence-corrected chi connectivity index (χ2v) is 15.5. The normalized spacial score (nSPS) is 35.9. The molecular weight excluding hydrogens is 596 g/mol. The molecule has 46 heavy (non-hydrogen) atoms. The highest BCUT2D eigenvalue weighted by molar-refractivity contribution is 5.90. The maximum atomic E-state index is 13.3. The fourth-order valence-electron chi connectivity index (χ4n) is 8.44. The Kier molecular flexibility index (Phi) is 7.86. The van der Waals surface area contributed by atoms with Gasteiger partial charge >= 0.3 is 24.1 Å². The molecule has 0 bridgehead atoms. The molecule has 0 aromatic rings. The Hall–Kier alpha value is -3.38. The number of carbonyl (C=O) groups excluding carboxylic acids is 4. The van der Waals surface area contributed by atoms with E-state index in [1.54, 1.807) is 57.4 Å². The molecule has 12 heteroatoms. The Bertz CT molecular complexity index is 1420. The molecule has 6 rings (SSSR count). The van der Waals surface area contributed by atoms with Crippen molar-refractivity contribution in [3.63, 3.8) is 0 Å². The van der Waals surface area contributed by atoms with Gasteiger partial charge in [0.2, 0.25) is 0 Å². The average molecular weight is 643 g/mol. The molecule has 252 valence electrons. The molecule has 0 spiro atoms. The minimum absolute atomic E-state index is 0.0230. The van der Waals surface area contributed by atoms with Gasteiger partial charge in [-0.3, -0.25) is 0 Å². The van der Waals surface area contributed by atoms with E-state index in [-0.39, 0.29) is 19.3 Å². The number of amides is 2. The zero-order chi connectivity index (χ0) is 33.4. The monoisotopic (exact) mass is 642 g/mol. The summed E-state index contributed by atoms with van der Waals surface area (Å²) in [5.41, 5.74) is -2.24. The molecule has 6 aliphatic rings. The molecule has 7 atom stereocenters. The van der Waals surface area contributed by atoms with Gasteiger partial charge in [0.15, 0.2) is 11.2 Å². The van der Waals surface area contributed by atoms with E-state index in [2.05, 4.69) is 0 Å². The van der Waals surface area contributed by atoms with Crippen LogP contribution in [0.25, 0.3) is 0 Å². The van der Waals surface area contributed by atoms with Gasteiger partial charge in [0.25, 0.3) is 0 Å². The summed E-state index contributed by atoms with van der Waals surface area (Å²) in [6, 6.07) is -1.09. The van der Waals surface area contributed by atoms with Crippen molar-refractivity contribution in [2.75, 3.05) is 13.1 Å². The van der Waals surface area contributed by atoms with Gasteiger partial charge in [-0.2, -0.15) is 0 Å². The molecule has 4 aliphatic heterocycles. The van der Waals surface area contributed by atoms with E-state index in [9.17, 15) is 29.4 Å². The SMILES string of the molecule is CC(C)(C)OC(=O)N1CCC[C@@H]1[C@]12C[C@@H](O)[C@@H](C3=C[C@H](O)C[C@]4([C@H]5CCCN5C(=O)OC(C)(C)C)OC(=O)C=C34)CC1=CC(=O)O2. The van der Waals surface area contributed by atoms with Gasteiger partial charge in [0.05, 0.1) is 24.3 Å². The van der Waals surface area contributed by atoms with Gasteiger partial charge in [-0.05, 0) is 84.8 Å². The van der Waals surface area contributed by atoms with Crippen molar-refractivity contribution >= 4 is 24.1 Å². The molecule has 2 saturated heterocycles. The van der Waals surface area contributed by atoms with E-state index < -0.39 is 76.7 Å². The van der Waals surface area contributed by atoms with Crippen molar-refractivity contribution in [3.05, 3.63) is 34.9 Å². The molecule has 3 fully saturated rings. The number of hydrogen-bond acceptors (Lipinski definition) is 10. The molecule has 1 saturated carbocycles. The van der Waals surface area contributed by atoms with E-state index in [1.165, 1.54) is 12.2 Å². The summed E-state index contributed by atoms with van der Waals surface area (Å²) in [5.74, 6) is -1.73. The summed E-state index contributed by atoms with van der Waals surface area (Å²) in [6.45, 7) is 11.6. The predicted octanol–water partition coefficient (Wildman–Crippen LogP) is 3.69. The van der Waals surface area contributed by atoms with Crippen molar-refractivity contribution in [1.29, 1.82) is 0 Å². The van der Waals surface area contributed by atoms with Gasteiger partial charge in [0, 0.05) is 49.6 Å². The van der Waals surface area contributed by atoms with E-state index in [1.807, 2.05) is 0 Å². The molecule has 2 N–H and O–H groups in total. The lowest BCUT2D eigenvalue weighted by molar-refractivity contribution is -0.157. The van der Waals surface area contributed by atoms with Crippen LogP contribution < -0.4 is 0 Å². The number of esters is 2. The first-order valence-corrected chi connectivity index (χ1v) is 16.4. The van der Waals surface area contributed by atoms with E-state index in [4.69, 9.17) is 18.9 Å². The number of nitrogens with zero attached hydrogens (tertiary/aromatic N) is 2. The van der Waals surface area contributed by atoms with Crippen LogP contribution in [0.15, 0.2) is 34.9 Å².